The number of hydrogen-bond donors (Lipinski definition) is 9. The van der Waals surface area contributed by atoms with Gasteiger partial charge in [0.1, 0.15) is 47.9 Å². The summed E-state index contributed by atoms with van der Waals surface area (Å²) in [6.07, 6.45) is -8.39. The largest absolute Gasteiger partial charge is 0.481 e. The van der Waals surface area contributed by atoms with Gasteiger partial charge in [0, 0.05) is 35.6 Å². The van der Waals surface area contributed by atoms with E-state index in [4.69, 9.17) is 30.0 Å². The number of ether oxygens (including phenoxy) is 2. The van der Waals surface area contributed by atoms with Gasteiger partial charge in [-0.25, -0.2) is 28.6 Å². The SMILES string of the molecule is NC(=O)c1ccc[n+](C2OC(COP(=O)(O)OP(=O)(O)OCC3OC(n4cnc5c(N)ncnc54)C(OP(=O)(O)O)C3O)C(O)C2O)c1.[Na]. The number of fused-ring (bicyclic) bond motifs is 1. The number of pyridine rings is 1. The van der Waals surface area contributed by atoms with Gasteiger partial charge >= 0.3 is 23.5 Å². The van der Waals surface area contributed by atoms with Gasteiger partial charge in [-0.2, -0.15) is 8.88 Å². The zero-order chi connectivity index (χ0) is 35.2. The molecule has 2 saturated heterocycles. The van der Waals surface area contributed by atoms with Crippen molar-refractivity contribution >= 4 is 75.9 Å². The van der Waals surface area contributed by atoms with Crippen LogP contribution in [0.5, 0.6) is 0 Å². The fourth-order valence-corrected chi connectivity index (χ4v) is 7.47. The van der Waals surface area contributed by atoms with Gasteiger partial charge in [-0.05, 0) is 6.07 Å². The Labute approximate surface area is 296 Å². The van der Waals surface area contributed by atoms with Crippen LogP contribution in [0.25, 0.3) is 11.2 Å². The maximum absolute atomic E-state index is 12.6. The standard InChI is InChI=1S/C21H28N7O17P3.Na/c22-17-12-19(25-7-24-17)28(8-26-12)21-16(44-46(33,34)35)14(30)11(43-21)6-41-48(38,39)45-47(36,37)40-5-10-13(29)15(31)20(42-10)27-3-1-2-9(4-27)18(23)32;/h1-4,7-8,10-11,13-16,20-21,29-31H,5-6H2,(H7-,22,23,24,25,32,33,34,35,36,37,38,39);/p+1. The summed E-state index contributed by atoms with van der Waals surface area (Å²) in [5.74, 6) is -0.848. The van der Waals surface area contributed by atoms with Crippen LogP contribution in [0, 0.1) is 0 Å². The molecule has 265 valence electrons. The van der Waals surface area contributed by atoms with Gasteiger partial charge in [-0.3, -0.25) is 22.9 Å². The first-order valence-corrected chi connectivity index (χ1v) is 17.9. The van der Waals surface area contributed by atoms with E-state index in [1.165, 1.54) is 29.1 Å². The number of phosphoric ester groups is 3. The molecule has 28 heteroatoms. The first kappa shape index (κ1) is 39.9. The maximum atomic E-state index is 12.6. The van der Waals surface area contributed by atoms with Crippen molar-refractivity contribution in [3.63, 3.8) is 0 Å². The van der Waals surface area contributed by atoms with E-state index < -0.39 is 91.7 Å². The Hall–Kier alpha value is -1.86. The summed E-state index contributed by atoms with van der Waals surface area (Å²) >= 11 is 0. The van der Waals surface area contributed by atoms with Gasteiger partial charge < -0.3 is 55.8 Å². The Morgan fingerprint density at radius 3 is 2.20 bits per heavy atom. The molecule has 10 atom stereocenters. The second kappa shape index (κ2) is 15.4. The average molecular weight is 767 g/mol. The number of carbonyl (C=O) groups excluding carboxylic acids is 1. The summed E-state index contributed by atoms with van der Waals surface area (Å²) in [6, 6.07) is 2.79. The van der Waals surface area contributed by atoms with E-state index in [0.717, 1.165) is 17.2 Å². The minimum Gasteiger partial charge on any atom is -0.387 e. The third kappa shape index (κ3) is 9.33. The van der Waals surface area contributed by atoms with Crippen molar-refractivity contribution in [1.82, 2.24) is 19.5 Å². The van der Waals surface area contributed by atoms with E-state index in [-0.39, 0.29) is 52.1 Å². The smallest absolute Gasteiger partial charge is 0.387 e. The minimum atomic E-state index is -5.52. The molecule has 1 radical (unpaired) electrons. The second-order valence-electron chi connectivity index (χ2n) is 10.3. The summed E-state index contributed by atoms with van der Waals surface area (Å²) in [5, 5.41) is 31.5. The third-order valence-corrected chi connectivity index (χ3v) is 10.1. The molecular formula is C21H29N7NaO17P3+. The molecule has 1 amide bonds. The number of primary amides is 1. The second-order valence-corrected chi connectivity index (χ2v) is 14.5. The normalized spacial score (nSPS) is 29.7. The number of rotatable bonds is 13. The summed E-state index contributed by atoms with van der Waals surface area (Å²) in [5.41, 5.74) is 11.1. The molecule has 24 nitrogen and oxygen atoms in total. The van der Waals surface area contributed by atoms with Crippen LogP contribution in [-0.4, -0.2) is 140 Å². The van der Waals surface area contributed by atoms with Gasteiger partial charge in [0.25, 0.3) is 12.1 Å². The first-order chi connectivity index (χ1) is 22.4. The average Bonchev–Trinajstić information content (AvgIpc) is 3.64. The number of hydrogen-bond acceptors (Lipinski definition) is 17. The number of aliphatic hydroxyl groups excluding tert-OH is 3. The van der Waals surface area contributed by atoms with Crippen molar-refractivity contribution in [3.8, 4) is 0 Å². The number of aromatic nitrogens is 5. The Morgan fingerprint density at radius 1 is 0.959 bits per heavy atom. The van der Waals surface area contributed by atoms with Gasteiger partial charge in [-0.15, -0.1) is 0 Å². The number of nitrogens with two attached hydrogens (primary N) is 2. The number of carbonyl (C=O) groups is 1. The molecule has 3 aromatic rings. The van der Waals surface area contributed by atoms with Crippen molar-refractivity contribution in [2.24, 2.45) is 5.73 Å². The molecule has 2 aliphatic rings. The van der Waals surface area contributed by atoms with E-state index in [9.17, 15) is 53.4 Å². The molecule has 49 heavy (non-hydrogen) atoms. The zero-order valence-corrected chi connectivity index (χ0v) is 29.6. The van der Waals surface area contributed by atoms with Crippen LogP contribution < -0.4 is 16.0 Å². The molecule has 3 aromatic heterocycles. The number of aliphatic hydroxyl groups is 3. The molecular weight excluding hydrogens is 738 g/mol. The van der Waals surface area contributed by atoms with Crippen molar-refractivity contribution in [2.45, 2.75) is 49.1 Å². The van der Waals surface area contributed by atoms with Crippen LogP contribution in [0.3, 0.4) is 0 Å². The quantitative estimate of drug-likeness (QED) is 0.0468. The number of phosphoric acid groups is 3. The first-order valence-electron chi connectivity index (χ1n) is 13.3. The van der Waals surface area contributed by atoms with E-state index in [2.05, 4.69) is 23.8 Å². The molecule has 0 bridgehead atoms. The number of imidazole rings is 1. The van der Waals surface area contributed by atoms with Crippen LogP contribution in [0.1, 0.15) is 22.8 Å². The minimum absolute atomic E-state index is 0. The fourth-order valence-electron chi connectivity index (χ4n) is 4.83. The Kier molecular flexibility index (Phi) is 12.5. The van der Waals surface area contributed by atoms with Crippen LogP contribution in [0.15, 0.2) is 37.2 Å². The van der Waals surface area contributed by atoms with Crippen molar-refractivity contribution in [2.75, 3.05) is 18.9 Å². The third-order valence-electron chi connectivity index (χ3n) is 6.98. The van der Waals surface area contributed by atoms with Crippen LogP contribution >= 0.6 is 23.5 Å². The van der Waals surface area contributed by atoms with Crippen molar-refractivity contribution < 1.29 is 85.3 Å². The maximum Gasteiger partial charge on any atom is 0.481 e. The van der Waals surface area contributed by atoms with E-state index in [1.54, 1.807) is 0 Å². The number of nitrogens with zero attached hydrogens (tertiary/aromatic N) is 5. The van der Waals surface area contributed by atoms with Crippen molar-refractivity contribution in [3.05, 3.63) is 42.7 Å². The molecule has 5 rings (SSSR count). The Balaban J connectivity index is 0.00000541. The van der Waals surface area contributed by atoms with Gasteiger partial charge in [-0.1, -0.05) is 0 Å². The van der Waals surface area contributed by atoms with Gasteiger partial charge in [0.05, 0.1) is 19.5 Å². The number of anilines is 1. The Morgan fingerprint density at radius 2 is 1.59 bits per heavy atom. The summed E-state index contributed by atoms with van der Waals surface area (Å²) in [6.45, 7) is -2.03. The summed E-state index contributed by atoms with van der Waals surface area (Å²) < 4.78 is 68.4. The molecule has 0 aliphatic carbocycles. The molecule has 2 fully saturated rings. The monoisotopic (exact) mass is 767 g/mol. The molecule has 0 spiro atoms. The van der Waals surface area contributed by atoms with Crippen LogP contribution in [0.2, 0.25) is 0 Å². The van der Waals surface area contributed by atoms with Crippen LogP contribution in [-0.2, 0) is 41.1 Å². The van der Waals surface area contributed by atoms with E-state index >= 15 is 0 Å². The zero-order valence-electron chi connectivity index (χ0n) is 24.9. The Bertz CT molecular complexity index is 1820. The van der Waals surface area contributed by atoms with Gasteiger partial charge in [0.2, 0.25) is 0 Å². The fraction of sp³-hybridized carbons (Fsp3) is 0.476. The van der Waals surface area contributed by atoms with Gasteiger partial charge in [0.15, 0.2) is 36.2 Å². The predicted molar refractivity (Wildman–Crippen MR) is 156 cm³/mol. The summed E-state index contributed by atoms with van der Waals surface area (Å²) in [7, 11) is -16.3. The molecule has 2 aliphatic heterocycles. The summed E-state index contributed by atoms with van der Waals surface area (Å²) in [4.78, 5) is 62.2. The molecule has 11 N–H and O–H groups in total. The molecule has 5 heterocycles. The number of nitrogen functional groups attached to an aromatic ring is 1. The van der Waals surface area contributed by atoms with Crippen molar-refractivity contribution in [1.29, 1.82) is 0 Å². The molecule has 10 unspecified atom stereocenters. The predicted octanol–water partition coefficient (Wildman–Crippen LogP) is -3.28. The topological polar surface area (TPSA) is 365 Å². The molecule has 0 saturated carbocycles. The number of amides is 1. The van der Waals surface area contributed by atoms with E-state index in [1.807, 2.05) is 0 Å². The van der Waals surface area contributed by atoms with Crippen LogP contribution in [0.4, 0.5) is 5.82 Å². The molecule has 0 aromatic carbocycles. The van der Waals surface area contributed by atoms with E-state index in [0.29, 0.717) is 0 Å².